The molecule has 1 saturated heterocycles. The standard InChI is InChI=1S/C23H25F3N4O2S/c24-17-9-14(10-18(25)21(17)26)12-27-15-1-2-16-19(11-15)33-22-20(16)23(31)30(13-28-22)4-3-29-5-7-32-8-6-29/h9-10,13,15,27H,1-8,11-12H2. The lowest BCUT2D eigenvalue weighted by atomic mass is 9.93. The van der Waals surface area contributed by atoms with E-state index < -0.39 is 17.5 Å². The Labute approximate surface area is 193 Å². The van der Waals surface area contributed by atoms with Crippen molar-refractivity contribution in [3.8, 4) is 0 Å². The van der Waals surface area contributed by atoms with Gasteiger partial charge >= 0.3 is 0 Å². The highest BCUT2D eigenvalue weighted by Crippen LogP contribution is 2.33. The first-order valence-electron chi connectivity index (χ1n) is 11.2. The summed E-state index contributed by atoms with van der Waals surface area (Å²) in [7, 11) is 0. The van der Waals surface area contributed by atoms with Gasteiger partial charge in [0.1, 0.15) is 4.83 Å². The highest BCUT2D eigenvalue weighted by molar-refractivity contribution is 7.18. The van der Waals surface area contributed by atoms with Gasteiger partial charge in [-0.05, 0) is 42.5 Å². The molecule has 3 aromatic rings. The molecule has 10 heteroatoms. The van der Waals surface area contributed by atoms with Crippen molar-refractivity contribution in [2.45, 2.75) is 38.4 Å². The van der Waals surface area contributed by atoms with E-state index in [1.807, 2.05) is 0 Å². The van der Waals surface area contributed by atoms with E-state index in [0.717, 1.165) is 84.9 Å². The monoisotopic (exact) mass is 478 g/mol. The number of aryl methyl sites for hydroxylation is 1. The van der Waals surface area contributed by atoms with Gasteiger partial charge in [0, 0.05) is 43.6 Å². The second-order valence-corrected chi connectivity index (χ2v) is 9.66. The minimum absolute atomic E-state index is 0.00873. The fourth-order valence-electron chi connectivity index (χ4n) is 4.58. The van der Waals surface area contributed by atoms with Crippen molar-refractivity contribution in [3.63, 3.8) is 0 Å². The van der Waals surface area contributed by atoms with Crippen LogP contribution in [-0.2, 0) is 30.7 Å². The Morgan fingerprint density at radius 1 is 1.15 bits per heavy atom. The summed E-state index contributed by atoms with van der Waals surface area (Å²) < 4.78 is 47.2. The molecule has 0 bridgehead atoms. The molecule has 1 aliphatic carbocycles. The summed E-state index contributed by atoms with van der Waals surface area (Å²) in [6, 6.07) is 2.13. The van der Waals surface area contributed by atoms with Gasteiger partial charge in [-0.15, -0.1) is 11.3 Å². The second kappa shape index (κ2) is 9.54. The van der Waals surface area contributed by atoms with Crippen LogP contribution in [0.5, 0.6) is 0 Å². The Hall–Kier alpha value is -2.27. The van der Waals surface area contributed by atoms with Crippen molar-refractivity contribution < 1.29 is 17.9 Å². The smallest absolute Gasteiger partial charge is 0.262 e. The molecule has 0 radical (unpaired) electrons. The van der Waals surface area contributed by atoms with E-state index in [9.17, 15) is 18.0 Å². The normalized spacial score (nSPS) is 19.2. The number of fused-ring (bicyclic) bond motifs is 3. The van der Waals surface area contributed by atoms with Gasteiger partial charge in [-0.2, -0.15) is 0 Å². The number of nitrogens with zero attached hydrogens (tertiary/aromatic N) is 3. The number of benzene rings is 1. The third-order valence-corrected chi connectivity index (χ3v) is 7.60. The first-order valence-corrected chi connectivity index (χ1v) is 12.0. The van der Waals surface area contributed by atoms with E-state index in [4.69, 9.17) is 4.74 Å². The van der Waals surface area contributed by atoms with Crippen LogP contribution < -0.4 is 10.9 Å². The van der Waals surface area contributed by atoms with Crippen LogP contribution in [0.3, 0.4) is 0 Å². The molecule has 3 heterocycles. The molecule has 5 rings (SSSR count). The third kappa shape index (κ3) is 4.70. The largest absolute Gasteiger partial charge is 0.379 e. The molecule has 1 aromatic carbocycles. The first kappa shape index (κ1) is 22.5. The van der Waals surface area contributed by atoms with E-state index in [1.165, 1.54) is 0 Å². The van der Waals surface area contributed by atoms with Gasteiger partial charge in [-0.1, -0.05) is 0 Å². The molecular formula is C23H25F3N4O2S. The number of nitrogens with one attached hydrogen (secondary N) is 1. The van der Waals surface area contributed by atoms with Crippen LogP contribution in [0.1, 0.15) is 22.4 Å². The van der Waals surface area contributed by atoms with Crippen molar-refractivity contribution >= 4 is 21.6 Å². The van der Waals surface area contributed by atoms with Gasteiger partial charge in [0.15, 0.2) is 17.5 Å². The average molecular weight is 479 g/mol. The van der Waals surface area contributed by atoms with Crippen LogP contribution in [0.2, 0.25) is 0 Å². The van der Waals surface area contributed by atoms with E-state index in [-0.39, 0.29) is 18.1 Å². The zero-order chi connectivity index (χ0) is 22.9. The maximum absolute atomic E-state index is 13.5. The van der Waals surface area contributed by atoms with Crippen LogP contribution in [0, 0.1) is 17.5 Å². The zero-order valence-electron chi connectivity index (χ0n) is 18.1. The van der Waals surface area contributed by atoms with Crippen LogP contribution in [0.15, 0.2) is 23.3 Å². The molecule has 2 aliphatic rings. The SMILES string of the molecule is O=c1c2c3c(sc2ncn1CCN1CCOCC1)CC(NCc1cc(F)c(F)c(F)c1)CC3. The van der Waals surface area contributed by atoms with E-state index in [2.05, 4.69) is 15.2 Å². The van der Waals surface area contributed by atoms with Gasteiger partial charge < -0.3 is 10.1 Å². The van der Waals surface area contributed by atoms with Crippen molar-refractivity contribution in [1.82, 2.24) is 19.8 Å². The van der Waals surface area contributed by atoms with Crippen LogP contribution >= 0.6 is 11.3 Å². The summed E-state index contributed by atoms with van der Waals surface area (Å²) in [4.78, 5) is 21.9. The number of aromatic nitrogens is 2. The summed E-state index contributed by atoms with van der Waals surface area (Å²) in [5, 5.41) is 4.03. The topological polar surface area (TPSA) is 59.4 Å². The number of rotatable bonds is 6. The molecule has 1 aliphatic heterocycles. The lowest BCUT2D eigenvalue weighted by Gasteiger charge is -2.26. The highest BCUT2D eigenvalue weighted by atomic mass is 32.1. The molecule has 33 heavy (non-hydrogen) atoms. The zero-order valence-corrected chi connectivity index (χ0v) is 18.9. The minimum Gasteiger partial charge on any atom is -0.379 e. The molecule has 1 unspecified atom stereocenters. The molecule has 1 fully saturated rings. The van der Waals surface area contributed by atoms with E-state index in [1.54, 1.807) is 22.2 Å². The van der Waals surface area contributed by atoms with Crippen molar-refractivity contribution in [2.24, 2.45) is 0 Å². The number of halogens is 3. The molecule has 0 amide bonds. The average Bonchev–Trinajstić information content (AvgIpc) is 3.20. The predicted octanol–water partition coefficient (Wildman–Crippen LogP) is 2.85. The number of morpholine rings is 1. The fourth-order valence-corrected chi connectivity index (χ4v) is 5.84. The van der Waals surface area contributed by atoms with Crippen LogP contribution in [0.4, 0.5) is 13.2 Å². The number of hydrogen-bond donors (Lipinski definition) is 1. The highest BCUT2D eigenvalue weighted by Gasteiger charge is 2.25. The quantitative estimate of drug-likeness (QED) is 0.553. The number of ether oxygens (including phenoxy) is 1. The van der Waals surface area contributed by atoms with Crippen LogP contribution in [-0.4, -0.2) is 53.3 Å². The van der Waals surface area contributed by atoms with E-state index >= 15 is 0 Å². The van der Waals surface area contributed by atoms with Crippen molar-refractivity contribution in [3.05, 3.63) is 62.3 Å². The summed E-state index contributed by atoms with van der Waals surface area (Å²) in [6.07, 6.45) is 3.90. The summed E-state index contributed by atoms with van der Waals surface area (Å²) in [5.74, 6) is -3.81. The second-order valence-electron chi connectivity index (χ2n) is 8.58. The summed E-state index contributed by atoms with van der Waals surface area (Å²) in [6.45, 7) is 4.84. The lowest BCUT2D eigenvalue weighted by molar-refractivity contribution is 0.0362. The minimum atomic E-state index is -1.45. The molecule has 176 valence electrons. The Balaban J connectivity index is 1.28. The molecule has 1 atom stereocenters. The van der Waals surface area contributed by atoms with Crippen molar-refractivity contribution in [2.75, 3.05) is 32.8 Å². The molecule has 6 nitrogen and oxygen atoms in total. The van der Waals surface area contributed by atoms with Gasteiger partial charge in [0.2, 0.25) is 0 Å². The van der Waals surface area contributed by atoms with Crippen molar-refractivity contribution in [1.29, 1.82) is 0 Å². The third-order valence-electron chi connectivity index (χ3n) is 6.44. The molecule has 0 saturated carbocycles. The number of hydrogen-bond acceptors (Lipinski definition) is 6. The van der Waals surface area contributed by atoms with Gasteiger partial charge in [0.05, 0.1) is 24.9 Å². The van der Waals surface area contributed by atoms with E-state index in [0.29, 0.717) is 12.1 Å². The Kier molecular flexibility index (Phi) is 6.51. The Bertz CT molecular complexity index is 1200. The lowest BCUT2D eigenvalue weighted by Crippen LogP contribution is -2.39. The maximum Gasteiger partial charge on any atom is 0.262 e. The molecule has 0 spiro atoms. The number of thiophene rings is 1. The summed E-state index contributed by atoms with van der Waals surface area (Å²) >= 11 is 1.54. The van der Waals surface area contributed by atoms with Gasteiger partial charge in [-0.3, -0.25) is 14.3 Å². The predicted molar refractivity (Wildman–Crippen MR) is 120 cm³/mol. The van der Waals surface area contributed by atoms with Crippen LogP contribution in [0.25, 0.3) is 10.2 Å². The molecule has 2 aromatic heterocycles. The maximum atomic E-state index is 13.5. The van der Waals surface area contributed by atoms with Gasteiger partial charge in [0.25, 0.3) is 5.56 Å². The Morgan fingerprint density at radius 3 is 2.67 bits per heavy atom. The molecule has 1 N–H and O–H groups in total. The first-order chi connectivity index (χ1) is 16.0. The summed E-state index contributed by atoms with van der Waals surface area (Å²) in [5.41, 5.74) is 1.44. The van der Waals surface area contributed by atoms with Gasteiger partial charge in [-0.25, -0.2) is 18.2 Å². The fraction of sp³-hybridized carbons (Fsp3) is 0.478. The molecular weight excluding hydrogens is 453 g/mol. The Morgan fingerprint density at radius 2 is 1.91 bits per heavy atom.